The van der Waals surface area contributed by atoms with Crippen LogP contribution in [0.25, 0.3) is 33.5 Å². The fourth-order valence-corrected chi connectivity index (χ4v) is 5.51. The number of rotatable bonds is 7. The topological polar surface area (TPSA) is 103 Å². The highest BCUT2D eigenvalue weighted by molar-refractivity contribution is 9.10. The van der Waals surface area contributed by atoms with Crippen LogP contribution in [0.3, 0.4) is 0 Å². The van der Waals surface area contributed by atoms with Gasteiger partial charge in [0.05, 0.1) is 45.7 Å². The van der Waals surface area contributed by atoms with Gasteiger partial charge in [0.15, 0.2) is 5.76 Å². The molecule has 0 unspecified atom stereocenters. The van der Waals surface area contributed by atoms with E-state index in [0.29, 0.717) is 54.4 Å². The van der Waals surface area contributed by atoms with Gasteiger partial charge in [-0.15, -0.1) is 0 Å². The number of halogens is 2. The summed E-state index contributed by atoms with van der Waals surface area (Å²) in [4.78, 5) is 18.5. The van der Waals surface area contributed by atoms with Gasteiger partial charge in [0.2, 0.25) is 5.82 Å². The van der Waals surface area contributed by atoms with Crippen LogP contribution in [-0.4, -0.2) is 23.0 Å². The van der Waals surface area contributed by atoms with Gasteiger partial charge in [-0.1, -0.05) is 48.0 Å². The Morgan fingerprint density at radius 2 is 1.88 bits per heavy atom. The van der Waals surface area contributed by atoms with Crippen LogP contribution in [0.1, 0.15) is 16.7 Å². The monoisotopic (exact) mass is 638 g/mol. The lowest BCUT2D eigenvalue weighted by molar-refractivity contribution is 0.303. The van der Waals surface area contributed by atoms with Crippen molar-refractivity contribution in [3.63, 3.8) is 0 Å². The number of nitriles is 1. The smallest absolute Gasteiger partial charge is 0.282 e. The quantitative estimate of drug-likeness (QED) is 0.167. The zero-order valence-electron chi connectivity index (χ0n) is 22.0. The molecule has 0 N–H and O–H groups in total. The van der Waals surface area contributed by atoms with Crippen molar-refractivity contribution in [2.45, 2.75) is 6.61 Å². The number of hydrogen-bond donors (Lipinski definition) is 0. The van der Waals surface area contributed by atoms with Gasteiger partial charge in [0.1, 0.15) is 23.7 Å². The lowest BCUT2D eigenvalue weighted by Gasteiger charge is -2.13. The summed E-state index contributed by atoms with van der Waals surface area (Å²) in [5.41, 5.74) is 2.43. The SMILES string of the molecule is COc1cccc2oc(-c3nc4ccccc4c(=O)n3N=Cc3cc(Cl)cc(Br)c3OCc3ccccc3C#N)cc12. The molecule has 6 rings (SSSR count). The molecule has 10 heteroatoms. The van der Waals surface area contributed by atoms with Gasteiger partial charge in [0, 0.05) is 16.1 Å². The number of methoxy groups -OCH3 is 1. The first-order chi connectivity index (χ1) is 20.5. The van der Waals surface area contributed by atoms with Crippen LogP contribution in [0.5, 0.6) is 11.5 Å². The minimum Gasteiger partial charge on any atom is -0.496 e. The number of fused-ring (bicyclic) bond motifs is 2. The van der Waals surface area contributed by atoms with E-state index in [2.05, 4.69) is 27.1 Å². The number of aromatic nitrogens is 2. The van der Waals surface area contributed by atoms with E-state index in [9.17, 15) is 10.1 Å². The maximum atomic E-state index is 13.7. The average Bonchev–Trinajstić information content (AvgIpc) is 3.45. The standard InChI is InChI=1S/C32H20BrClN4O4/c1-40-27-11-6-12-28-24(27)15-29(42-28)31-37-26-10-5-4-9-23(26)32(39)38(31)36-17-21-13-22(34)14-25(33)30(21)41-18-20-8-3-2-7-19(20)16-35/h2-15,17H,18H2,1H3. The summed E-state index contributed by atoms with van der Waals surface area (Å²) in [5, 5.41) is 15.6. The first kappa shape index (κ1) is 27.3. The van der Waals surface area contributed by atoms with Gasteiger partial charge in [-0.3, -0.25) is 4.79 Å². The van der Waals surface area contributed by atoms with Crippen molar-refractivity contribution in [2.75, 3.05) is 7.11 Å². The van der Waals surface area contributed by atoms with E-state index >= 15 is 0 Å². The van der Waals surface area contributed by atoms with Gasteiger partial charge in [0.25, 0.3) is 5.56 Å². The minimum absolute atomic E-state index is 0.133. The predicted molar refractivity (Wildman–Crippen MR) is 165 cm³/mol. The highest BCUT2D eigenvalue weighted by atomic mass is 79.9. The maximum absolute atomic E-state index is 13.7. The van der Waals surface area contributed by atoms with E-state index in [1.807, 2.05) is 36.4 Å². The highest BCUT2D eigenvalue weighted by Crippen LogP contribution is 2.34. The van der Waals surface area contributed by atoms with E-state index in [1.54, 1.807) is 55.6 Å². The van der Waals surface area contributed by atoms with Crippen LogP contribution in [-0.2, 0) is 6.61 Å². The third kappa shape index (κ3) is 5.14. The van der Waals surface area contributed by atoms with Gasteiger partial charge in [-0.25, -0.2) is 4.98 Å². The number of furan rings is 1. The second-order valence-electron chi connectivity index (χ2n) is 9.16. The van der Waals surface area contributed by atoms with Crippen molar-refractivity contribution in [3.8, 4) is 29.2 Å². The van der Waals surface area contributed by atoms with E-state index in [0.717, 1.165) is 10.9 Å². The second kappa shape index (κ2) is 11.5. The van der Waals surface area contributed by atoms with Crippen LogP contribution in [0.2, 0.25) is 5.02 Å². The largest absolute Gasteiger partial charge is 0.496 e. The van der Waals surface area contributed by atoms with Gasteiger partial charge in [-0.05, 0) is 64.5 Å². The molecule has 0 spiro atoms. The summed E-state index contributed by atoms with van der Waals surface area (Å²) in [6.07, 6.45) is 1.48. The molecule has 0 fully saturated rings. The summed E-state index contributed by atoms with van der Waals surface area (Å²) in [7, 11) is 1.58. The lowest BCUT2D eigenvalue weighted by atomic mass is 10.1. The molecule has 4 aromatic carbocycles. The first-order valence-electron chi connectivity index (χ1n) is 12.7. The van der Waals surface area contributed by atoms with Crippen molar-refractivity contribution in [2.24, 2.45) is 5.10 Å². The molecular weight excluding hydrogens is 620 g/mol. The molecule has 0 aliphatic heterocycles. The van der Waals surface area contributed by atoms with Crippen molar-refractivity contribution in [3.05, 3.63) is 121 Å². The highest BCUT2D eigenvalue weighted by Gasteiger charge is 2.18. The zero-order valence-corrected chi connectivity index (χ0v) is 24.4. The molecule has 0 aliphatic rings. The number of benzene rings is 4. The predicted octanol–water partition coefficient (Wildman–Crippen LogP) is 7.57. The van der Waals surface area contributed by atoms with Crippen LogP contribution in [0.4, 0.5) is 0 Å². The van der Waals surface area contributed by atoms with Crippen molar-refractivity contribution in [1.29, 1.82) is 5.26 Å². The molecule has 2 heterocycles. The van der Waals surface area contributed by atoms with Gasteiger partial charge < -0.3 is 13.9 Å². The Kier molecular flexibility index (Phi) is 7.48. The Labute approximate surface area is 253 Å². The molecule has 6 aromatic rings. The summed E-state index contributed by atoms with van der Waals surface area (Å²) < 4.78 is 19.5. The molecule has 8 nitrogen and oxygen atoms in total. The van der Waals surface area contributed by atoms with E-state index in [1.165, 1.54) is 10.9 Å². The fourth-order valence-electron chi connectivity index (χ4n) is 4.57. The summed E-state index contributed by atoms with van der Waals surface area (Å²) in [6.45, 7) is 0.133. The fraction of sp³-hybridized carbons (Fsp3) is 0.0625. The molecule has 0 saturated carbocycles. The number of hydrogen-bond acceptors (Lipinski definition) is 7. The molecule has 0 atom stereocenters. The van der Waals surface area contributed by atoms with Crippen LogP contribution in [0, 0.1) is 11.3 Å². The lowest BCUT2D eigenvalue weighted by Crippen LogP contribution is -2.20. The van der Waals surface area contributed by atoms with Crippen molar-refractivity contribution in [1.82, 2.24) is 9.66 Å². The van der Waals surface area contributed by atoms with Crippen molar-refractivity contribution < 1.29 is 13.9 Å². The third-order valence-corrected chi connectivity index (χ3v) is 7.38. The van der Waals surface area contributed by atoms with E-state index in [4.69, 9.17) is 30.5 Å². The Hall–Kier alpha value is -4.91. The molecule has 0 saturated heterocycles. The van der Waals surface area contributed by atoms with Crippen LogP contribution >= 0.6 is 27.5 Å². The average molecular weight is 640 g/mol. The minimum atomic E-state index is -0.384. The molecule has 2 aromatic heterocycles. The van der Waals surface area contributed by atoms with Crippen LogP contribution in [0.15, 0.2) is 104 Å². The Balaban J connectivity index is 1.47. The number of ether oxygens (including phenoxy) is 2. The third-order valence-electron chi connectivity index (χ3n) is 6.57. The molecule has 206 valence electrons. The first-order valence-corrected chi connectivity index (χ1v) is 13.9. The molecule has 0 amide bonds. The van der Waals surface area contributed by atoms with Crippen LogP contribution < -0.4 is 15.0 Å². The second-order valence-corrected chi connectivity index (χ2v) is 10.5. The maximum Gasteiger partial charge on any atom is 0.282 e. The molecule has 0 radical (unpaired) electrons. The molecule has 42 heavy (non-hydrogen) atoms. The number of para-hydroxylation sites is 1. The van der Waals surface area contributed by atoms with Gasteiger partial charge in [-0.2, -0.15) is 15.0 Å². The summed E-state index contributed by atoms with van der Waals surface area (Å²) >= 11 is 9.90. The molecular formula is C32H20BrClN4O4. The van der Waals surface area contributed by atoms with E-state index < -0.39 is 0 Å². The van der Waals surface area contributed by atoms with E-state index in [-0.39, 0.29) is 18.0 Å². The molecule has 0 bridgehead atoms. The normalized spacial score (nSPS) is 11.3. The summed E-state index contributed by atoms with van der Waals surface area (Å²) in [6, 6.07) is 27.0. The Morgan fingerprint density at radius 1 is 1.07 bits per heavy atom. The molecule has 0 aliphatic carbocycles. The van der Waals surface area contributed by atoms with Crippen molar-refractivity contribution >= 4 is 55.6 Å². The summed E-state index contributed by atoms with van der Waals surface area (Å²) in [5.74, 6) is 1.61. The van der Waals surface area contributed by atoms with Gasteiger partial charge >= 0.3 is 0 Å². The Bertz CT molecular complexity index is 2110. The number of nitrogens with zero attached hydrogens (tertiary/aromatic N) is 4. The Morgan fingerprint density at radius 3 is 2.71 bits per heavy atom. The zero-order chi connectivity index (χ0) is 29.2.